The van der Waals surface area contributed by atoms with Crippen LogP contribution in [-0.4, -0.2) is 0 Å². The van der Waals surface area contributed by atoms with E-state index in [1.807, 2.05) is 6.07 Å². The average molecular weight is 694 g/mol. The maximum atomic E-state index is 4.85. The second-order valence-corrected chi connectivity index (χ2v) is 14.3. The Morgan fingerprint density at radius 3 is 1.70 bits per heavy atom. The first-order valence-electron chi connectivity index (χ1n) is 18.2. The summed E-state index contributed by atoms with van der Waals surface area (Å²) in [6, 6.07) is 75.3. The first kappa shape index (κ1) is 31.4. The smallest absolute Gasteiger partial charge is 0.0714 e. The van der Waals surface area contributed by atoms with E-state index >= 15 is 0 Å². The zero-order valence-corrected chi connectivity index (χ0v) is 29.9. The summed E-state index contributed by atoms with van der Waals surface area (Å²) < 4.78 is 0. The fourth-order valence-electron chi connectivity index (χ4n) is 8.68. The molecule has 1 nitrogen and oxygen atoms in total. The van der Waals surface area contributed by atoms with Crippen molar-refractivity contribution in [2.24, 2.45) is 0 Å². The van der Waals surface area contributed by atoms with Crippen molar-refractivity contribution in [3.8, 4) is 22.3 Å². The Labute approximate surface area is 315 Å². The Morgan fingerprint density at radius 1 is 0.358 bits per heavy atom. The molecule has 0 saturated carbocycles. The van der Waals surface area contributed by atoms with Crippen LogP contribution in [0.1, 0.15) is 22.3 Å². The number of nitrogens with zero attached hydrogens (tertiary/aromatic N) is 1. The van der Waals surface area contributed by atoms with Crippen molar-refractivity contribution in [1.29, 1.82) is 0 Å². The summed E-state index contributed by atoms with van der Waals surface area (Å²) in [5.41, 5.74) is 12.7. The molecule has 1 aliphatic rings. The molecule has 53 heavy (non-hydrogen) atoms. The maximum absolute atomic E-state index is 4.85. The van der Waals surface area contributed by atoms with Crippen LogP contribution in [0.5, 0.6) is 0 Å². The van der Waals surface area contributed by atoms with Gasteiger partial charge in [0, 0.05) is 22.0 Å². The molecule has 10 rings (SSSR count). The summed E-state index contributed by atoms with van der Waals surface area (Å²) in [5, 5.41) is 4.95. The lowest BCUT2D eigenvalue weighted by Crippen LogP contribution is -2.28. The van der Waals surface area contributed by atoms with Gasteiger partial charge in [0.15, 0.2) is 0 Å². The van der Waals surface area contributed by atoms with Crippen molar-refractivity contribution < 1.29 is 0 Å². The van der Waals surface area contributed by atoms with Crippen molar-refractivity contribution in [1.82, 2.24) is 0 Å². The van der Waals surface area contributed by atoms with Gasteiger partial charge in [0.05, 0.1) is 5.41 Å². The Balaban J connectivity index is 1.26. The monoisotopic (exact) mass is 693 g/mol. The quantitative estimate of drug-likeness (QED) is 0.134. The number of benzene rings is 9. The number of anilines is 3. The second kappa shape index (κ2) is 12.7. The molecule has 0 saturated heterocycles. The molecule has 9 aromatic rings. The van der Waals surface area contributed by atoms with Crippen LogP contribution in [-0.2, 0) is 5.41 Å². The van der Waals surface area contributed by atoms with Gasteiger partial charge in [-0.05, 0) is 109 Å². The van der Waals surface area contributed by atoms with Gasteiger partial charge >= 0.3 is 0 Å². The van der Waals surface area contributed by atoms with Gasteiger partial charge in [0.25, 0.3) is 0 Å². The molecular formula is C51H35NS. The number of fused-ring (bicyclic) bond motifs is 6. The van der Waals surface area contributed by atoms with Gasteiger partial charge in [-0.1, -0.05) is 164 Å². The fourth-order valence-corrected chi connectivity index (χ4v) is 8.97. The summed E-state index contributed by atoms with van der Waals surface area (Å²) in [6.45, 7) is 0. The van der Waals surface area contributed by atoms with E-state index in [1.54, 1.807) is 0 Å². The molecule has 0 bridgehead atoms. The molecule has 2 heteroatoms. The first-order valence-corrected chi connectivity index (χ1v) is 18.6. The summed E-state index contributed by atoms with van der Waals surface area (Å²) in [5.74, 6) is 0. The normalized spacial score (nSPS) is 12.8. The highest BCUT2D eigenvalue weighted by molar-refractivity contribution is 7.80. The van der Waals surface area contributed by atoms with Crippen molar-refractivity contribution in [2.45, 2.75) is 10.3 Å². The van der Waals surface area contributed by atoms with E-state index in [0.29, 0.717) is 0 Å². The van der Waals surface area contributed by atoms with Crippen molar-refractivity contribution in [3.63, 3.8) is 0 Å². The van der Waals surface area contributed by atoms with E-state index < -0.39 is 5.41 Å². The van der Waals surface area contributed by atoms with Crippen LogP contribution in [0.3, 0.4) is 0 Å². The summed E-state index contributed by atoms with van der Waals surface area (Å²) in [4.78, 5) is 3.38. The number of hydrogen-bond donors (Lipinski definition) is 1. The molecule has 0 N–H and O–H groups in total. The third-order valence-corrected chi connectivity index (χ3v) is 11.4. The highest BCUT2D eigenvalue weighted by Gasteiger charge is 2.46. The van der Waals surface area contributed by atoms with Crippen LogP contribution in [0.15, 0.2) is 211 Å². The fraction of sp³-hybridized carbons (Fsp3) is 0.0196. The molecule has 250 valence electrons. The highest BCUT2D eigenvalue weighted by Crippen LogP contribution is 2.57. The molecule has 1 aliphatic carbocycles. The third kappa shape index (κ3) is 5.02. The molecule has 0 heterocycles. The molecule has 0 spiro atoms. The maximum Gasteiger partial charge on any atom is 0.0714 e. The minimum atomic E-state index is -0.497. The van der Waals surface area contributed by atoms with E-state index in [-0.39, 0.29) is 0 Å². The lowest BCUT2D eigenvalue weighted by Gasteiger charge is -2.35. The van der Waals surface area contributed by atoms with Gasteiger partial charge in [-0.15, -0.1) is 12.6 Å². The van der Waals surface area contributed by atoms with Gasteiger partial charge in [0.1, 0.15) is 0 Å². The van der Waals surface area contributed by atoms with E-state index in [9.17, 15) is 0 Å². The Hall–Kier alpha value is -6.35. The second-order valence-electron chi connectivity index (χ2n) is 13.9. The van der Waals surface area contributed by atoms with E-state index in [1.165, 1.54) is 54.9 Å². The van der Waals surface area contributed by atoms with Crippen molar-refractivity contribution in [3.05, 3.63) is 229 Å². The Bertz CT molecular complexity index is 2770. The predicted octanol–water partition coefficient (Wildman–Crippen LogP) is 13.8. The van der Waals surface area contributed by atoms with E-state index in [4.69, 9.17) is 12.6 Å². The van der Waals surface area contributed by atoms with Gasteiger partial charge in [-0.2, -0.15) is 0 Å². The number of rotatable bonds is 6. The average Bonchev–Trinajstić information content (AvgIpc) is 3.52. The first-order chi connectivity index (χ1) is 26.2. The van der Waals surface area contributed by atoms with E-state index in [2.05, 4.69) is 205 Å². The van der Waals surface area contributed by atoms with Crippen LogP contribution >= 0.6 is 12.6 Å². The Kier molecular flexibility index (Phi) is 7.52. The minimum absolute atomic E-state index is 0.497. The molecule has 0 aliphatic heterocycles. The lowest BCUT2D eigenvalue weighted by molar-refractivity contribution is 0.768. The topological polar surface area (TPSA) is 3.24 Å². The molecule has 0 fully saturated rings. The standard InChI is InChI=1S/C51H35NS/c53-50-25-12-10-22-44(50)37-15-13-20-40(32-37)52(41-29-28-36-27-26-35-14-7-8-21-43(35)47(36)33-41)42-30-31-46-45-23-9-11-24-48(45)51(49(46)34-42,38-16-3-1-4-17-38)39-18-5-2-6-19-39/h1-34,53H. The highest BCUT2D eigenvalue weighted by atomic mass is 32.1. The van der Waals surface area contributed by atoms with Gasteiger partial charge in [-0.25, -0.2) is 0 Å². The lowest BCUT2D eigenvalue weighted by atomic mass is 9.67. The minimum Gasteiger partial charge on any atom is -0.310 e. The van der Waals surface area contributed by atoms with Gasteiger partial charge in [-0.3, -0.25) is 0 Å². The molecule has 0 aromatic heterocycles. The van der Waals surface area contributed by atoms with Crippen LogP contribution in [0.2, 0.25) is 0 Å². The SMILES string of the molecule is Sc1ccccc1-c1cccc(N(c2ccc3c(c2)C(c2ccccc2)(c2ccccc2)c2ccccc2-3)c2ccc3ccc4ccccc4c3c2)c1. The van der Waals surface area contributed by atoms with Crippen LogP contribution < -0.4 is 4.90 Å². The van der Waals surface area contributed by atoms with Crippen LogP contribution in [0.25, 0.3) is 43.8 Å². The van der Waals surface area contributed by atoms with Crippen molar-refractivity contribution in [2.75, 3.05) is 4.90 Å². The zero-order chi connectivity index (χ0) is 35.4. The molecule has 0 amide bonds. The van der Waals surface area contributed by atoms with Crippen LogP contribution in [0.4, 0.5) is 17.1 Å². The predicted molar refractivity (Wildman–Crippen MR) is 226 cm³/mol. The summed E-state index contributed by atoms with van der Waals surface area (Å²) in [6.07, 6.45) is 0. The Morgan fingerprint density at radius 2 is 0.925 bits per heavy atom. The summed E-state index contributed by atoms with van der Waals surface area (Å²) >= 11 is 4.85. The molecule has 9 aromatic carbocycles. The molecule has 0 atom stereocenters. The van der Waals surface area contributed by atoms with Crippen molar-refractivity contribution >= 4 is 51.2 Å². The largest absolute Gasteiger partial charge is 0.310 e. The molecular weight excluding hydrogens is 659 g/mol. The number of hydrogen-bond acceptors (Lipinski definition) is 2. The zero-order valence-electron chi connectivity index (χ0n) is 29.0. The van der Waals surface area contributed by atoms with Gasteiger partial charge < -0.3 is 4.90 Å². The van der Waals surface area contributed by atoms with E-state index in [0.717, 1.165) is 33.1 Å². The summed E-state index contributed by atoms with van der Waals surface area (Å²) in [7, 11) is 0. The molecule has 0 unspecified atom stereocenters. The van der Waals surface area contributed by atoms with Gasteiger partial charge in [0.2, 0.25) is 0 Å². The molecule has 0 radical (unpaired) electrons. The van der Waals surface area contributed by atoms with Crippen LogP contribution in [0, 0.1) is 0 Å². The third-order valence-electron chi connectivity index (χ3n) is 11.0. The number of thiol groups is 1.